The zero-order valence-electron chi connectivity index (χ0n) is 23.1. The number of carbonyl (C=O) groups is 1. The number of imidazole rings is 1. The molecule has 1 N–H and O–H groups in total. The van der Waals surface area contributed by atoms with E-state index in [0.29, 0.717) is 28.2 Å². The quantitative estimate of drug-likeness (QED) is 0.340. The number of methoxy groups -OCH3 is 2. The minimum Gasteiger partial charge on any atom is -0.496 e. The van der Waals surface area contributed by atoms with Gasteiger partial charge in [-0.3, -0.25) is 5.32 Å². The summed E-state index contributed by atoms with van der Waals surface area (Å²) in [6.07, 6.45) is 6.60. The van der Waals surface area contributed by atoms with Gasteiger partial charge in [0.15, 0.2) is 0 Å². The highest BCUT2D eigenvalue weighted by Gasteiger charge is 2.21. The van der Waals surface area contributed by atoms with Crippen LogP contribution in [0.1, 0.15) is 20.8 Å². The molecule has 4 aromatic rings. The van der Waals surface area contributed by atoms with E-state index >= 15 is 0 Å². The average Bonchev–Trinajstić information content (AvgIpc) is 3.36. The largest absolute Gasteiger partial charge is 0.496 e. The molecule has 210 valence electrons. The number of nitrogens with zero attached hydrogens (tertiary/aromatic N) is 6. The highest BCUT2D eigenvalue weighted by molar-refractivity contribution is 6.32. The van der Waals surface area contributed by atoms with Crippen molar-refractivity contribution in [1.29, 1.82) is 0 Å². The van der Waals surface area contributed by atoms with E-state index in [0.717, 1.165) is 48.8 Å². The second-order valence-corrected chi connectivity index (χ2v) is 10.7. The van der Waals surface area contributed by atoms with Crippen LogP contribution in [0.15, 0.2) is 49.1 Å². The molecule has 0 unspecified atom stereocenters. The van der Waals surface area contributed by atoms with Crippen LogP contribution in [-0.2, 0) is 4.74 Å². The molecule has 0 aliphatic carbocycles. The van der Waals surface area contributed by atoms with Gasteiger partial charge in [-0.1, -0.05) is 11.6 Å². The molecule has 1 aromatic carbocycles. The van der Waals surface area contributed by atoms with Crippen LogP contribution in [0, 0.1) is 0 Å². The van der Waals surface area contributed by atoms with Crippen molar-refractivity contribution in [3.05, 3.63) is 54.1 Å². The summed E-state index contributed by atoms with van der Waals surface area (Å²) in [6, 6.07) is 7.73. The highest BCUT2D eigenvalue weighted by atomic mass is 35.5. The Balaban J connectivity index is 1.24. The predicted molar refractivity (Wildman–Crippen MR) is 155 cm³/mol. The molecule has 0 radical (unpaired) electrons. The molecule has 0 saturated carbocycles. The van der Waals surface area contributed by atoms with Gasteiger partial charge in [0, 0.05) is 62.0 Å². The first-order valence-electron chi connectivity index (χ1n) is 12.9. The Morgan fingerprint density at radius 1 is 0.975 bits per heavy atom. The number of amides is 1. The molecule has 40 heavy (non-hydrogen) atoms. The van der Waals surface area contributed by atoms with Gasteiger partial charge in [0.25, 0.3) is 0 Å². The maximum absolute atomic E-state index is 12.0. The SMILES string of the molecule is COc1cc(OC)c(-c2cn3ccc(N4CCN(c5ncc(NC(=O)OC(C)(C)C)cn5)CC4)cc3n2)cc1Cl. The number of benzene rings is 1. The zero-order chi connectivity index (χ0) is 28.4. The van der Waals surface area contributed by atoms with Crippen LogP contribution in [-0.4, -0.2) is 71.4 Å². The summed E-state index contributed by atoms with van der Waals surface area (Å²) < 4.78 is 18.1. The first kappa shape index (κ1) is 27.3. The van der Waals surface area contributed by atoms with Crippen LogP contribution in [0.4, 0.5) is 22.1 Å². The third kappa shape index (κ3) is 5.99. The Morgan fingerprint density at radius 2 is 1.65 bits per heavy atom. The molecule has 1 aliphatic heterocycles. The fourth-order valence-electron chi connectivity index (χ4n) is 4.49. The van der Waals surface area contributed by atoms with Gasteiger partial charge >= 0.3 is 6.09 Å². The Bertz CT molecular complexity index is 1510. The molecular weight excluding hydrogens is 534 g/mol. The number of piperazine rings is 1. The van der Waals surface area contributed by atoms with Crippen LogP contribution in [0.25, 0.3) is 16.9 Å². The van der Waals surface area contributed by atoms with Crippen molar-refractivity contribution in [3.63, 3.8) is 0 Å². The number of halogens is 1. The maximum atomic E-state index is 12.0. The number of nitrogens with one attached hydrogen (secondary N) is 1. The molecule has 3 aromatic heterocycles. The minimum atomic E-state index is -0.576. The zero-order valence-corrected chi connectivity index (χ0v) is 23.9. The highest BCUT2D eigenvalue weighted by Crippen LogP contribution is 2.38. The lowest BCUT2D eigenvalue weighted by Gasteiger charge is -2.36. The summed E-state index contributed by atoms with van der Waals surface area (Å²) in [6.45, 7) is 8.54. The number of rotatable bonds is 6. The second-order valence-electron chi connectivity index (χ2n) is 10.3. The molecule has 1 aliphatic rings. The summed E-state index contributed by atoms with van der Waals surface area (Å²) in [7, 11) is 3.18. The van der Waals surface area contributed by atoms with E-state index in [4.69, 9.17) is 30.8 Å². The predicted octanol–water partition coefficient (Wildman–Crippen LogP) is 5.14. The van der Waals surface area contributed by atoms with Gasteiger partial charge in [0.1, 0.15) is 22.7 Å². The molecule has 5 rings (SSSR count). The van der Waals surface area contributed by atoms with Gasteiger partial charge < -0.3 is 28.4 Å². The van der Waals surface area contributed by atoms with Crippen molar-refractivity contribution in [3.8, 4) is 22.8 Å². The van der Waals surface area contributed by atoms with Crippen molar-refractivity contribution in [2.75, 3.05) is 55.5 Å². The van der Waals surface area contributed by atoms with Crippen molar-refractivity contribution in [2.45, 2.75) is 26.4 Å². The van der Waals surface area contributed by atoms with Gasteiger partial charge in [-0.05, 0) is 32.9 Å². The summed E-state index contributed by atoms with van der Waals surface area (Å²) in [5.74, 6) is 1.80. The van der Waals surface area contributed by atoms with Crippen LogP contribution in [0.3, 0.4) is 0 Å². The van der Waals surface area contributed by atoms with Crippen molar-refractivity contribution < 1.29 is 19.0 Å². The normalized spacial score (nSPS) is 13.8. The van der Waals surface area contributed by atoms with E-state index in [1.807, 2.05) is 43.6 Å². The molecule has 1 fully saturated rings. The number of hydrogen-bond acceptors (Lipinski definition) is 9. The van der Waals surface area contributed by atoms with E-state index in [-0.39, 0.29) is 0 Å². The molecule has 0 spiro atoms. The Morgan fingerprint density at radius 3 is 2.30 bits per heavy atom. The van der Waals surface area contributed by atoms with Crippen molar-refractivity contribution in [1.82, 2.24) is 19.4 Å². The van der Waals surface area contributed by atoms with Crippen molar-refractivity contribution in [2.24, 2.45) is 0 Å². The van der Waals surface area contributed by atoms with E-state index in [2.05, 4.69) is 37.2 Å². The lowest BCUT2D eigenvalue weighted by molar-refractivity contribution is 0.0636. The third-order valence-electron chi connectivity index (χ3n) is 6.40. The van der Waals surface area contributed by atoms with Gasteiger partial charge in [-0.25, -0.2) is 19.7 Å². The molecule has 4 heterocycles. The molecule has 1 amide bonds. The number of fused-ring (bicyclic) bond motifs is 1. The Hall–Kier alpha value is -4.25. The number of pyridine rings is 1. The van der Waals surface area contributed by atoms with Gasteiger partial charge in [0.2, 0.25) is 5.95 Å². The van der Waals surface area contributed by atoms with E-state index in [1.54, 1.807) is 32.7 Å². The molecular formula is C28H32ClN7O4. The first-order valence-corrected chi connectivity index (χ1v) is 13.2. The van der Waals surface area contributed by atoms with Crippen LogP contribution < -0.4 is 24.6 Å². The average molecular weight is 566 g/mol. The van der Waals surface area contributed by atoms with Gasteiger partial charge in [-0.15, -0.1) is 0 Å². The molecule has 1 saturated heterocycles. The van der Waals surface area contributed by atoms with E-state index in [1.165, 1.54) is 0 Å². The number of ether oxygens (including phenoxy) is 3. The number of aromatic nitrogens is 4. The summed E-state index contributed by atoms with van der Waals surface area (Å²) in [5, 5.41) is 3.15. The lowest BCUT2D eigenvalue weighted by atomic mass is 10.1. The molecule has 11 nitrogen and oxygen atoms in total. The van der Waals surface area contributed by atoms with E-state index < -0.39 is 11.7 Å². The Labute approximate surface area is 237 Å². The summed E-state index contributed by atoms with van der Waals surface area (Å²) >= 11 is 6.38. The number of carbonyl (C=O) groups excluding carboxylic acids is 1. The van der Waals surface area contributed by atoms with Gasteiger partial charge in [-0.2, -0.15) is 0 Å². The summed E-state index contributed by atoms with van der Waals surface area (Å²) in [4.78, 5) is 30.1. The fraction of sp³-hybridized carbons (Fsp3) is 0.357. The minimum absolute atomic E-state index is 0.485. The molecule has 12 heteroatoms. The number of anilines is 3. The Kier molecular flexibility index (Phi) is 7.57. The standard InChI is InChI=1S/C28H32ClN7O4/c1-28(2,3)40-27(37)32-18-15-30-26(31-16-18)35-10-8-34(9-11-35)19-6-7-36-17-22(33-25(36)12-19)20-13-21(29)24(39-5)14-23(20)38-4/h6-7,12-17H,8-11H2,1-5H3,(H,32,37). The van der Waals surface area contributed by atoms with E-state index in [9.17, 15) is 4.79 Å². The maximum Gasteiger partial charge on any atom is 0.412 e. The second kappa shape index (κ2) is 11.1. The van der Waals surface area contributed by atoms with Gasteiger partial charge in [0.05, 0.1) is 43.0 Å². The lowest BCUT2D eigenvalue weighted by Crippen LogP contribution is -2.47. The smallest absolute Gasteiger partial charge is 0.412 e. The fourth-order valence-corrected chi connectivity index (χ4v) is 4.73. The molecule has 0 atom stereocenters. The topological polar surface area (TPSA) is 106 Å². The van der Waals surface area contributed by atoms with Crippen LogP contribution in [0.5, 0.6) is 11.5 Å². The third-order valence-corrected chi connectivity index (χ3v) is 6.70. The van der Waals surface area contributed by atoms with Crippen LogP contribution in [0.2, 0.25) is 5.02 Å². The monoisotopic (exact) mass is 565 g/mol. The first-order chi connectivity index (χ1) is 19.1. The van der Waals surface area contributed by atoms with Crippen LogP contribution >= 0.6 is 11.6 Å². The number of hydrogen-bond donors (Lipinski definition) is 1. The summed E-state index contributed by atoms with van der Waals surface area (Å²) in [5.41, 5.74) is 3.36. The molecule has 0 bridgehead atoms. The van der Waals surface area contributed by atoms with Crippen molar-refractivity contribution >= 4 is 40.7 Å².